The molecule has 0 bridgehead atoms. The Bertz CT molecular complexity index is 410. The molecule has 6 heteroatoms. The molecule has 0 aliphatic carbocycles. The molecule has 0 aromatic heterocycles. The molecule has 1 fully saturated rings. The Morgan fingerprint density at radius 2 is 2.29 bits per heavy atom. The van der Waals surface area contributed by atoms with E-state index in [4.69, 9.17) is 0 Å². The van der Waals surface area contributed by atoms with Crippen molar-refractivity contribution in [3.8, 4) is 0 Å². The zero-order valence-corrected chi connectivity index (χ0v) is 11.4. The van der Waals surface area contributed by atoms with Crippen molar-refractivity contribution in [1.82, 2.24) is 5.32 Å². The fraction of sp³-hybridized carbons (Fsp3) is 0.364. The van der Waals surface area contributed by atoms with E-state index in [1.54, 1.807) is 12.1 Å². The lowest BCUT2D eigenvalue weighted by molar-refractivity contribution is -0.119. The fourth-order valence-electron chi connectivity index (χ4n) is 1.70. The van der Waals surface area contributed by atoms with Gasteiger partial charge in [0.05, 0.1) is 10.4 Å². The number of hydrogen-bond acceptors (Lipinski definition) is 2. The maximum atomic E-state index is 13.2. The second-order valence-corrected chi connectivity index (χ2v) is 4.66. The van der Waals surface area contributed by atoms with E-state index >= 15 is 0 Å². The molecule has 94 valence electrons. The van der Waals surface area contributed by atoms with E-state index in [0.717, 1.165) is 13.0 Å². The van der Waals surface area contributed by atoms with Gasteiger partial charge in [-0.15, -0.1) is 12.4 Å². The van der Waals surface area contributed by atoms with Crippen LogP contribution in [0.3, 0.4) is 0 Å². The SMILES string of the molecule is Cl.O=C(Nc1ccc(Br)c(F)c1)C1CCNC1. The monoisotopic (exact) mass is 322 g/mol. The van der Waals surface area contributed by atoms with Crippen molar-refractivity contribution in [3.05, 3.63) is 28.5 Å². The number of amides is 1. The Labute approximate surface area is 114 Å². The number of carbonyl (C=O) groups is 1. The first-order chi connectivity index (χ1) is 7.66. The van der Waals surface area contributed by atoms with Gasteiger partial charge in [0.2, 0.25) is 5.91 Å². The van der Waals surface area contributed by atoms with Gasteiger partial charge in [-0.05, 0) is 47.1 Å². The largest absolute Gasteiger partial charge is 0.326 e. The summed E-state index contributed by atoms with van der Waals surface area (Å²) in [6.07, 6.45) is 0.838. The van der Waals surface area contributed by atoms with Crippen molar-refractivity contribution < 1.29 is 9.18 Å². The van der Waals surface area contributed by atoms with E-state index in [-0.39, 0.29) is 30.0 Å². The van der Waals surface area contributed by atoms with Crippen LogP contribution in [0.1, 0.15) is 6.42 Å². The predicted octanol–water partition coefficient (Wildman–Crippen LogP) is 2.56. The van der Waals surface area contributed by atoms with E-state index in [1.807, 2.05) is 0 Å². The molecule has 17 heavy (non-hydrogen) atoms. The first-order valence-electron chi connectivity index (χ1n) is 5.13. The molecule has 3 nitrogen and oxygen atoms in total. The molecule has 1 aromatic rings. The number of rotatable bonds is 2. The molecule has 1 aliphatic rings. The van der Waals surface area contributed by atoms with E-state index in [0.29, 0.717) is 16.7 Å². The van der Waals surface area contributed by atoms with Crippen LogP contribution >= 0.6 is 28.3 Å². The third kappa shape index (κ3) is 3.66. The molecule has 2 rings (SSSR count). The van der Waals surface area contributed by atoms with E-state index in [9.17, 15) is 9.18 Å². The molecule has 1 heterocycles. The highest BCUT2D eigenvalue weighted by atomic mass is 79.9. The number of hydrogen-bond donors (Lipinski definition) is 2. The summed E-state index contributed by atoms with van der Waals surface area (Å²) in [5.74, 6) is -0.430. The summed E-state index contributed by atoms with van der Waals surface area (Å²) in [6, 6.07) is 4.57. The van der Waals surface area contributed by atoms with Crippen LogP contribution in [0.25, 0.3) is 0 Å². The van der Waals surface area contributed by atoms with E-state index in [2.05, 4.69) is 26.6 Å². The van der Waals surface area contributed by atoms with Crippen LogP contribution in [0, 0.1) is 11.7 Å². The molecule has 1 unspecified atom stereocenters. The Kier molecular flexibility index (Phi) is 5.36. The number of carbonyl (C=O) groups excluding carboxylic acids is 1. The van der Waals surface area contributed by atoms with Gasteiger partial charge in [0, 0.05) is 12.2 Å². The van der Waals surface area contributed by atoms with Crippen molar-refractivity contribution in [2.45, 2.75) is 6.42 Å². The van der Waals surface area contributed by atoms with Gasteiger partial charge in [0.15, 0.2) is 0 Å². The quantitative estimate of drug-likeness (QED) is 0.878. The summed E-state index contributed by atoms with van der Waals surface area (Å²) in [5.41, 5.74) is 0.498. The van der Waals surface area contributed by atoms with Gasteiger partial charge in [-0.3, -0.25) is 4.79 Å². The van der Waals surface area contributed by atoms with Crippen LogP contribution in [0.15, 0.2) is 22.7 Å². The molecule has 1 aromatic carbocycles. The minimum atomic E-state index is -0.373. The van der Waals surface area contributed by atoms with Gasteiger partial charge >= 0.3 is 0 Å². The van der Waals surface area contributed by atoms with Crippen LogP contribution in [-0.4, -0.2) is 19.0 Å². The molecule has 0 radical (unpaired) electrons. The summed E-state index contributed by atoms with van der Waals surface area (Å²) in [6.45, 7) is 1.57. The van der Waals surface area contributed by atoms with Gasteiger partial charge in [-0.25, -0.2) is 4.39 Å². The Morgan fingerprint density at radius 1 is 1.53 bits per heavy atom. The standard InChI is InChI=1S/C11H12BrFN2O.ClH/c12-9-2-1-8(5-10(9)13)15-11(16)7-3-4-14-6-7;/h1-2,5,7,14H,3-4,6H2,(H,15,16);1H. The van der Waals surface area contributed by atoms with Gasteiger partial charge in [0.1, 0.15) is 5.82 Å². The second-order valence-electron chi connectivity index (χ2n) is 3.81. The summed E-state index contributed by atoms with van der Waals surface area (Å²) < 4.78 is 13.6. The van der Waals surface area contributed by atoms with E-state index < -0.39 is 0 Å². The van der Waals surface area contributed by atoms with E-state index in [1.165, 1.54) is 6.07 Å². The first-order valence-corrected chi connectivity index (χ1v) is 5.93. The molecule has 0 saturated carbocycles. The van der Waals surface area contributed by atoms with Crippen molar-refractivity contribution in [2.75, 3.05) is 18.4 Å². The second kappa shape index (κ2) is 6.33. The average Bonchev–Trinajstić information content (AvgIpc) is 2.77. The molecule has 1 atom stereocenters. The molecule has 1 saturated heterocycles. The Morgan fingerprint density at radius 3 is 2.88 bits per heavy atom. The third-order valence-electron chi connectivity index (χ3n) is 2.62. The summed E-state index contributed by atoms with van der Waals surface area (Å²) in [4.78, 5) is 11.7. The average molecular weight is 324 g/mol. The molecule has 1 amide bonds. The Hall–Kier alpha value is -0.650. The zero-order chi connectivity index (χ0) is 11.5. The van der Waals surface area contributed by atoms with Gasteiger partial charge in [-0.2, -0.15) is 0 Å². The summed E-state index contributed by atoms with van der Waals surface area (Å²) in [7, 11) is 0. The minimum Gasteiger partial charge on any atom is -0.326 e. The predicted molar refractivity (Wildman–Crippen MR) is 71.0 cm³/mol. The Balaban J connectivity index is 0.00000144. The van der Waals surface area contributed by atoms with Crippen LogP contribution in [0.2, 0.25) is 0 Å². The van der Waals surface area contributed by atoms with Crippen LogP contribution in [0.4, 0.5) is 10.1 Å². The smallest absolute Gasteiger partial charge is 0.228 e. The van der Waals surface area contributed by atoms with Gasteiger partial charge in [-0.1, -0.05) is 0 Å². The highest BCUT2D eigenvalue weighted by molar-refractivity contribution is 9.10. The number of benzene rings is 1. The molecular weight excluding hydrogens is 310 g/mol. The maximum Gasteiger partial charge on any atom is 0.228 e. The van der Waals surface area contributed by atoms with Crippen LogP contribution in [-0.2, 0) is 4.79 Å². The molecule has 1 aliphatic heterocycles. The van der Waals surface area contributed by atoms with Crippen molar-refractivity contribution in [2.24, 2.45) is 5.92 Å². The van der Waals surface area contributed by atoms with Crippen molar-refractivity contribution in [3.63, 3.8) is 0 Å². The zero-order valence-electron chi connectivity index (χ0n) is 9.00. The normalized spacial score (nSPS) is 18.6. The minimum absolute atomic E-state index is 0. The number of halogens is 3. The number of nitrogens with one attached hydrogen (secondary N) is 2. The summed E-state index contributed by atoms with van der Waals surface area (Å²) >= 11 is 3.06. The van der Waals surface area contributed by atoms with Crippen molar-refractivity contribution >= 4 is 39.9 Å². The molecule has 0 spiro atoms. The third-order valence-corrected chi connectivity index (χ3v) is 3.26. The number of anilines is 1. The van der Waals surface area contributed by atoms with Crippen molar-refractivity contribution in [1.29, 1.82) is 0 Å². The maximum absolute atomic E-state index is 13.2. The van der Waals surface area contributed by atoms with Gasteiger partial charge < -0.3 is 10.6 Å². The molecular formula is C11H13BrClFN2O. The lowest BCUT2D eigenvalue weighted by Crippen LogP contribution is -2.24. The lowest BCUT2D eigenvalue weighted by atomic mass is 10.1. The van der Waals surface area contributed by atoms with Crippen LogP contribution < -0.4 is 10.6 Å². The first kappa shape index (κ1) is 14.4. The lowest BCUT2D eigenvalue weighted by Gasteiger charge is -2.10. The topological polar surface area (TPSA) is 41.1 Å². The highest BCUT2D eigenvalue weighted by Gasteiger charge is 2.22. The van der Waals surface area contributed by atoms with Crippen LogP contribution in [0.5, 0.6) is 0 Å². The summed E-state index contributed by atoms with van der Waals surface area (Å²) in [5, 5.41) is 5.83. The highest BCUT2D eigenvalue weighted by Crippen LogP contribution is 2.20. The molecule has 2 N–H and O–H groups in total. The fourth-order valence-corrected chi connectivity index (χ4v) is 1.94. The van der Waals surface area contributed by atoms with Gasteiger partial charge in [0.25, 0.3) is 0 Å².